The molecular weight excluding hydrogens is 274 g/mol. The second kappa shape index (κ2) is 5.95. The van der Waals surface area contributed by atoms with Crippen LogP contribution in [0.2, 0.25) is 0 Å². The second-order valence-corrected chi connectivity index (χ2v) is 7.85. The molecule has 1 aromatic rings. The van der Waals surface area contributed by atoms with Gasteiger partial charge in [0.05, 0.1) is 17.5 Å². The molecule has 110 valence electrons. The third-order valence-electron chi connectivity index (χ3n) is 3.83. The Morgan fingerprint density at radius 2 is 2.10 bits per heavy atom. The van der Waals surface area contributed by atoms with E-state index < -0.39 is 9.84 Å². The van der Waals surface area contributed by atoms with Crippen LogP contribution in [0.1, 0.15) is 36.9 Å². The lowest BCUT2D eigenvalue weighted by atomic mass is 10.0. The van der Waals surface area contributed by atoms with Gasteiger partial charge in [-0.25, -0.2) is 8.42 Å². The molecule has 0 bridgehead atoms. The van der Waals surface area contributed by atoms with Gasteiger partial charge in [0.1, 0.15) is 0 Å². The number of carbonyl (C=O) groups is 1. The predicted molar refractivity (Wildman–Crippen MR) is 79.1 cm³/mol. The van der Waals surface area contributed by atoms with Crippen LogP contribution in [0.4, 0.5) is 0 Å². The zero-order chi connectivity index (χ0) is 14.8. The van der Waals surface area contributed by atoms with Gasteiger partial charge in [-0.15, -0.1) is 0 Å². The molecule has 20 heavy (non-hydrogen) atoms. The van der Waals surface area contributed by atoms with Crippen molar-refractivity contribution < 1.29 is 13.2 Å². The highest BCUT2D eigenvalue weighted by Gasteiger charge is 2.29. The number of carbonyl (C=O) groups excluding carboxylic acids is 1. The first-order chi connectivity index (χ1) is 9.37. The normalized spacial score (nSPS) is 22.4. The highest BCUT2D eigenvalue weighted by atomic mass is 32.2. The average molecular weight is 295 g/mol. The molecule has 2 rings (SSSR count). The first-order valence-electron chi connectivity index (χ1n) is 6.93. The molecule has 1 saturated heterocycles. The summed E-state index contributed by atoms with van der Waals surface area (Å²) in [5, 5.41) is 2.96. The molecule has 1 aromatic carbocycles. The van der Waals surface area contributed by atoms with Gasteiger partial charge < -0.3 is 5.32 Å². The zero-order valence-electron chi connectivity index (χ0n) is 11.9. The van der Waals surface area contributed by atoms with Gasteiger partial charge >= 0.3 is 0 Å². The van der Waals surface area contributed by atoms with Crippen LogP contribution >= 0.6 is 0 Å². The average Bonchev–Trinajstić information content (AvgIpc) is 2.68. The number of sulfone groups is 1. The molecule has 1 fully saturated rings. The Hall–Kier alpha value is -1.36. The molecule has 0 radical (unpaired) electrons. The summed E-state index contributed by atoms with van der Waals surface area (Å²) in [5.41, 5.74) is 2.24. The fraction of sp³-hybridized carbons (Fsp3) is 0.533. The van der Waals surface area contributed by atoms with Gasteiger partial charge in [0, 0.05) is 6.42 Å². The van der Waals surface area contributed by atoms with E-state index >= 15 is 0 Å². The molecule has 1 aliphatic heterocycles. The third-order valence-corrected chi connectivity index (χ3v) is 5.67. The summed E-state index contributed by atoms with van der Waals surface area (Å²) >= 11 is 0. The van der Waals surface area contributed by atoms with E-state index in [2.05, 4.69) is 5.32 Å². The maximum atomic E-state index is 12.0. The Morgan fingerprint density at radius 3 is 2.70 bits per heavy atom. The standard InChI is InChI=1S/C15H21NO3S/c1-11-5-3-4-6-14(11)12(2)16-15(17)9-13-7-8-20(18,19)10-13/h3-6,12-13H,7-10H2,1-2H3,(H,16,17). The van der Waals surface area contributed by atoms with E-state index in [4.69, 9.17) is 0 Å². The molecule has 0 saturated carbocycles. The molecule has 2 unspecified atom stereocenters. The van der Waals surface area contributed by atoms with Gasteiger partial charge in [0.2, 0.25) is 5.91 Å². The number of nitrogens with one attached hydrogen (secondary N) is 1. The summed E-state index contributed by atoms with van der Waals surface area (Å²) in [6.45, 7) is 3.97. The van der Waals surface area contributed by atoms with Crippen LogP contribution in [0.15, 0.2) is 24.3 Å². The molecule has 0 aromatic heterocycles. The lowest BCUT2D eigenvalue weighted by molar-refractivity contribution is -0.122. The monoisotopic (exact) mass is 295 g/mol. The molecular formula is C15H21NO3S. The third kappa shape index (κ3) is 3.82. The van der Waals surface area contributed by atoms with Gasteiger partial charge in [-0.05, 0) is 37.3 Å². The van der Waals surface area contributed by atoms with Gasteiger partial charge in [-0.3, -0.25) is 4.79 Å². The second-order valence-electron chi connectivity index (χ2n) is 5.62. The van der Waals surface area contributed by atoms with Crippen LogP contribution in [-0.4, -0.2) is 25.8 Å². The predicted octanol–water partition coefficient (Wildman–Crippen LogP) is 2.00. The fourth-order valence-corrected chi connectivity index (χ4v) is 4.61. The molecule has 4 nitrogen and oxygen atoms in total. The summed E-state index contributed by atoms with van der Waals surface area (Å²) < 4.78 is 22.8. The Labute approximate surface area is 120 Å². The van der Waals surface area contributed by atoms with Crippen molar-refractivity contribution in [3.63, 3.8) is 0 Å². The van der Waals surface area contributed by atoms with Crippen molar-refractivity contribution in [2.75, 3.05) is 11.5 Å². The van der Waals surface area contributed by atoms with Crippen molar-refractivity contribution in [1.29, 1.82) is 0 Å². The van der Waals surface area contributed by atoms with Crippen LogP contribution in [-0.2, 0) is 14.6 Å². The van der Waals surface area contributed by atoms with E-state index in [0.29, 0.717) is 12.8 Å². The molecule has 1 aliphatic rings. The number of rotatable bonds is 4. The molecule has 0 spiro atoms. The largest absolute Gasteiger partial charge is 0.350 e. The SMILES string of the molecule is Cc1ccccc1C(C)NC(=O)CC1CCS(=O)(=O)C1. The number of amides is 1. The van der Waals surface area contributed by atoms with Gasteiger partial charge in [-0.1, -0.05) is 24.3 Å². The summed E-state index contributed by atoms with van der Waals surface area (Å²) in [4.78, 5) is 12.0. The smallest absolute Gasteiger partial charge is 0.220 e. The number of hydrogen-bond donors (Lipinski definition) is 1. The van der Waals surface area contributed by atoms with E-state index in [1.165, 1.54) is 0 Å². The minimum atomic E-state index is -2.91. The lowest BCUT2D eigenvalue weighted by Gasteiger charge is -2.17. The van der Waals surface area contributed by atoms with Crippen LogP contribution in [0, 0.1) is 12.8 Å². The van der Waals surface area contributed by atoms with Crippen molar-refractivity contribution >= 4 is 15.7 Å². The van der Waals surface area contributed by atoms with Crippen LogP contribution in [0.3, 0.4) is 0 Å². The van der Waals surface area contributed by atoms with Crippen molar-refractivity contribution in [2.45, 2.75) is 32.7 Å². The summed E-state index contributed by atoms with van der Waals surface area (Å²) in [6, 6.07) is 7.88. The van der Waals surface area contributed by atoms with E-state index in [9.17, 15) is 13.2 Å². The van der Waals surface area contributed by atoms with Crippen molar-refractivity contribution in [1.82, 2.24) is 5.32 Å². The molecule has 5 heteroatoms. The first-order valence-corrected chi connectivity index (χ1v) is 8.75. The Balaban J connectivity index is 1.90. The van der Waals surface area contributed by atoms with Crippen LogP contribution < -0.4 is 5.32 Å². The molecule has 1 N–H and O–H groups in total. The Kier molecular flexibility index (Phi) is 4.48. The molecule has 2 atom stereocenters. The zero-order valence-corrected chi connectivity index (χ0v) is 12.7. The highest BCUT2D eigenvalue weighted by molar-refractivity contribution is 7.91. The maximum absolute atomic E-state index is 12.0. The van der Waals surface area contributed by atoms with E-state index in [-0.39, 0.29) is 29.4 Å². The summed E-state index contributed by atoms with van der Waals surface area (Å²) in [6.07, 6.45) is 0.907. The minimum Gasteiger partial charge on any atom is -0.350 e. The van der Waals surface area contributed by atoms with E-state index in [1.807, 2.05) is 38.1 Å². The van der Waals surface area contributed by atoms with Gasteiger partial charge in [0.15, 0.2) is 9.84 Å². The van der Waals surface area contributed by atoms with Crippen LogP contribution in [0.25, 0.3) is 0 Å². The molecule has 1 amide bonds. The van der Waals surface area contributed by atoms with E-state index in [1.54, 1.807) is 0 Å². The number of benzene rings is 1. The topological polar surface area (TPSA) is 63.2 Å². The van der Waals surface area contributed by atoms with E-state index in [0.717, 1.165) is 11.1 Å². The quantitative estimate of drug-likeness (QED) is 0.924. The summed E-state index contributed by atoms with van der Waals surface area (Å²) in [7, 11) is -2.91. The van der Waals surface area contributed by atoms with Crippen LogP contribution in [0.5, 0.6) is 0 Å². The lowest BCUT2D eigenvalue weighted by Crippen LogP contribution is -2.29. The minimum absolute atomic E-state index is 0.0240. The molecule has 0 aliphatic carbocycles. The van der Waals surface area contributed by atoms with Gasteiger partial charge in [-0.2, -0.15) is 0 Å². The first kappa shape index (κ1) is 15.0. The maximum Gasteiger partial charge on any atom is 0.220 e. The Morgan fingerprint density at radius 1 is 1.40 bits per heavy atom. The number of hydrogen-bond acceptors (Lipinski definition) is 3. The molecule has 1 heterocycles. The number of aryl methyl sites for hydroxylation is 1. The van der Waals surface area contributed by atoms with Crippen molar-refractivity contribution in [3.05, 3.63) is 35.4 Å². The van der Waals surface area contributed by atoms with Crippen molar-refractivity contribution in [3.8, 4) is 0 Å². The highest BCUT2D eigenvalue weighted by Crippen LogP contribution is 2.22. The Bertz CT molecular complexity index is 595. The fourth-order valence-electron chi connectivity index (χ4n) is 2.75. The van der Waals surface area contributed by atoms with Gasteiger partial charge in [0.25, 0.3) is 0 Å². The summed E-state index contributed by atoms with van der Waals surface area (Å²) in [5.74, 6) is 0.282. The van der Waals surface area contributed by atoms with Crippen molar-refractivity contribution in [2.24, 2.45) is 5.92 Å².